The molecule has 2 N–H and O–H groups in total. The van der Waals surface area contributed by atoms with Gasteiger partial charge in [0.2, 0.25) is 0 Å². The molecule has 0 saturated heterocycles. The molecule has 0 unspecified atom stereocenters. The topological polar surface area (TPSA) is 40.5 Å². The Morgan fingerprint density at radius 2 is 0.923 bits per heavy atom. The average molecular weight is 363 g/mol. The highest BCUT2D eigenvalue weighted by Crippen LogP contribution is 2.38. The van der Waals surface area contributed by atoms with Crippen molar-refractivity contribution in [3.05, 3.63) is 22.3 Å². The van der Waals surface area contributed by atoms with E-state index in [9.17, 15) is 10.2 Å². The van der Waals surface area contributed by atoms with E-state index in [1.165, 1.54) is 77.0 Å². The number of phenolic OH excluding ortho intramolecular Hbond substituents is 2. The number of rotatable bonds is 14. The summed E-state index contributed by atoms with van der Waals surface area (Å²) in [5.41, 5.74) is 3.98. The zero-order valence-corrected chi connectivity index (χ0v) is 17.8. The van der Waals surface area contributed by atoms with Crippen molar-refractivity contribution in [3.8, 4) is 11.5 Å². The van der Waals surface area contributed by atoms with Crippen LogP contribution in [0.5, 0.6) is 11.5 Å². The van der Waals surface area contributed by atoms with Gasteiger partial charge in [0.25, 0.3) is 0 Å². The number of unbranched alkanes of at least 4 members (excludes halogenated alkanes) is 12. The molecule has 0 atom stereocenters. The minimum atomic E-state index is 0.0674. The third-order valence-corrected chi connectivity index (χ3v) is 5.97. The molecule has 0 bridgehead atoms. The van der Waals surface area contributed by atoms with Crippen LogP contribution in [0.15, 0.2) is 0 Å². The fourth-order valence-corrected chi connectivity index (χ4v) is 3.81. The molecule has 0 fully saturated rings. The second-order valence-corrected chi connectivity index (χ2v) is 8.04. The number of hydrogen-bond donors (Lipinski definition) is 2. The first-order chi connectivity index (χ1) is 12.5. The molecule has 0 aliphatic carbocycles. The van der Waals surface area contributed by atoms with Gasteiger partial charge in [0, 0.05) is 5.56 Å². The lowest BCUT2D eigenvalue weighted by atomic mass is 9.93. The van der Waals surface area contributed by atoms with Crippen LogP contribution in [-0.4, -0.2) is 10.2 Å². The van der Waals surface area contributed by atoms with Gasteiger partial charge in [-0.2, -0.15) is 0 Å². The van der Waals surface area contributed by atoms with Crippen LogP contribution in [0.3, 0.4) is 0 Å². The van der Waals surface area contributed by atoms with E-state index in [4.69, 9.17) is 0 Å². The Morgan fingerprint density at radius 3 is 1.38 bits per heavy atom. The molecule has 0 radical (unpaired) electrons. The highest BCUT2D eigenvalue weighted by molar-refractivity contribution is 5.57. The first-order valence-corrected chi connectivity index (χ1v) is 11.0. The van der Waals surface area contributed by atoms with E-state index in [2.05, 4.69) is 13.8 Å². The summed E-state index contributed by atoms with van der Waals surface area (Å²) in [5, 5.41) is 20.3. The summed E-state index contributed by atoms with van der Waals surface area (Å²) in [4.78, 5) is 0. The Bertz CT molecular complexity index is 490. The van der Waals surface area contributed by atoms with Gasteiger partial charge in [-0.1, -0.05) is 84.0 Å². The molecule has 1 aromatic carbocycles. The Balaban J connectivity index is 2.10. The van der Waals surface area contributed by atoms with Crippen molar-refractivity contribution in [2.24, 2.45) is 0 Å². The van der Waals surface area contributed by atoms with Gasteiger partial charge >= 0.3 is 0 Å². The summed E-state index contributed by atoms with van der Waals surface area (Å²) in [6.45, 7) is 8.22. The van der Waals surface area contributed by atoms with Gasteiger partial charge in [-0.3, -0.25) is 0 Å². The molecular weight excluding hydrogens is 320 g/mol. The molecule has 150 valence electrons. The molecule has 1 aromatic rings. The maximum atomic E-state index is 10.2. The third-order valence-electron chi connectivity index (χ3n) is 5.97. The molecular formula is C24H42O2. The second kappa shape index (κ2) is 13.1. The maximum Gasteiger partial charge on any atom is 0.161 e. The van der Waals surface area contributed by atoms with Crippen LogP contribution >= 0.6 is 0 Å². The van der Waals surface area contributed by atoms with E-state index in [0.29, 0.717) is 0 Å². The van der Waals surface area contributed by atoms with Gasteiger partial charge in [0.15, 0.2) is 11.5 Å². The molecule has 0 saturated carbocycles. The normalized spacial score (nSPS) is 11.2. The number of phenols is 2. The summed E-state index contributed by atoms with van der Waals surface area (Å²) in [6.07, 6.45) is 18.4. The number of aromatic hydroxyl groups is 2. The predicted octanol–water partition coefficient (Wildman–Crippen LogP) is 7.66. The van der Waals surface area contributed by atoms with Gasteiger partial charge in [-0.25, -0.2) is 0 Å². The monoisotopic (exact) mass is 362 g/mol. The molecule has 1 rings (SSSR count). The molecule has 0 aromatic heterocycles. The van der Waals surface area contributed by atoms with Crippen LogP contribution in [0.25, 0.3) is 0 Å². The van der Waals surface area contributed by atoms with Crippen LogP contribution in [0.4, 0.5) is 0 Å². The van der Waals surface area contributed by atoms with E-state index in [0.717, 1.165) is 35.1 Å². The third kappa shape index (κ3) is 7.60. The molecule has 0 aliphatic heterocycles. The first kappa shape index (κ1) is 22.9. The van der Waals surface area contributed by atoms with Crippen LogP contribution in [0, 0.1) is 20.8 Å². The van der Waals surface area contributed by atoms with Crippen LogP contribution in [-0.2, 0) is 6.42 Å². The minimum Gasteiger partial charge on any atom is -0.504 e. The van der Waals surface area contributed by atoms with E-state index in [1.54, 1.807) is 0 Å². The largest absolute Gasteiger partial charge is 0.504 e. The van der Waals surface area contributed by atoms with Crippen molar-refractivity contribution >= 4 is 0 Å². The Morgan fingerprint density at radius 1 is 0.500 bits per heavy atom. The van der Waals surface area contributed by atoms with Crippen LogP contribution < -0.4 is 0 Å². The Hall–Kier alpha value is -1.18. The summed E-state index contributed by atoms with van der Waals surface area (Å²) < 4.78 is 0. The summed E-state index contributed by atoms with van der Waals surface area (Å²) in [7, 11) is 0. The van der Waals surface area contributed by atoms with Crippen molar-refractivity contribution in [1.29, 1.82) is 0 Å². The average Bonchev–Trinajstić information content (AvgIpc) is 2.64. The van der Waals surface area contributed by atoms with E-state index < -0.39 is 0 Å². The second-order valence-electron chi connectivity index (χ2n) is 8.04. The van der Waals surface area contributed by atoms with Crippen molar-refractivity contribution in [1.82, 2.24) is 0 Å². The van der Waals surface area contributed by atoms with Gasteiger partial charge in [-0.05, 0) is 50.3 Å². The zero-order valence-electron chi connectivity index (χ0n) is 17.8. The maximum absolute atomic E-state index is 10.2. The van der Waals surface area contributed by atoms with Gasteiger partial charge < -0.3 is 10.2 Å². The molecule has 2 nitrogen and oxygen atoms in total. The van der Waals surface area contributed by atoms with E-state index in [1.807, 2.05) is 13.8 Å². The fraction of sp³-hybridized carbons (Fsp3) is 0.750. The molecule has 0 spiro atoms. The van der Waals surface area contributed by atoms with Crippen molar-refractivity contribution in [2.75, 3.05) is 0 Å². The molecule has 26 heavy (non-hydrogen) atoms. The SMILES string of the molecule is CCCCCCCCCCCCCCCc1c(C)c(C)c(C)c(O)c1O. The number of hydrogen-bond acceptors (Lipinski definition) is 2. The van der Waals surface area contributed by atoms with Crippen LogP contribution in [0.1, 0.15) is 113 Å². The Kier molecular flexibility index (Phi) is 11.5. The van der Waals surface area contributed by atoms with E-state index >= 15 is 0 Å². The number of benzene rings is 1. The standard InChI is InChI=1S/C24H42O2/c1-5-6-7-8-9-10-11-12-13-14-15-16-17-18-22-20(3)19(2)21(4)23(25)24(22)26/h25-26H,5-18H2,1-4H3. The van der Waals surface area contributed by atoms with Gasteiger partial charge in [0.05, 0.1) is 0 Å². The Labute approximate surface area is 162 Å². The highest BCUT2D eigenvalue weighted by Gasteiger charge is 2.15. The highest BCUT2D eigenvalue weighted by atomic mass is 16.3. The van der Waals surface area contributed by atoms with Crippen molar-refractivity contribution < 1.29 is 10.2 Å². The van der Waals surface area contributed by atoms with E-state index in [-0.39, 0.29) is 11.5 Å². The lowest BCUT2D eigenvalue weighted by Gasteiger charge is -2.15. The van der Waals surface area contributed by atoms with Crippen LogP contribution in [0.2, 0.25) is 0 Å². The first-order valence-electron chi connectivity index (χ1n) is 11.0. The summed E-state index contributed by atoms with van der Waals surface area (Å²) >= 11 is 0. The zero-order chi connectivity index (χ0) is 19.4. The summed E-state index contributed by atoms with van der Waals surface area (Å²) in [5.74, 6) is 0.169. The van der Waals surface area contributed by atoms with Crippen molar-refractivity contribution in [3.63, 3.8) is 0 Å². The minimum absolute atomic E-state index is 0.0674. The molecule has 2 heteroatoms. The van der Waals surface area contributed by atoms with Gasteiger partial charge in [-0.15, -0.1) is 0 Å². The fourth-order valence-electron chi connectivity index (χ4n) is 3.81. The molecule has 0 aliphatic rings. The molecule has 0 amide bonds. The lowest BCUT2D eigenvalue weighted by molar-refractivity contribution is 0.395. The van der Waals surface area contributed by atoms with Gasteiger partial charge in [0.1, 0.15) is 0 Å². The summed E-state index contributed by atoms with van der Waals surface area (Å²) in [6, 6.07) is 0. The molecule has 0 heterocycles. The van der Waals surface area contributed by atoms with Crippen molar-refractivity contribution in [2.45, 2.75) is 118 Å². The quantitative estimate of drug-likeness (QED) is 0.263. The lowest BCUT2D eigenvalue weighted by Crippen LogP contribution is -1.97. The smallest absolute Gasteiger partial charge is 0.161 e. The predicted molar refractivity (Wildman–Crippen MR) is 113 cm³/mol.